The zero-order chi connectivity index (χ0) is 12.0. The van der Waals surface area contributed by atoms with Gasteiger partial charge < -0.3 is 10.1 Å². The van der Waals surface area contributed by atoms with Gasteiger partial charge in [0, 0.05) is 5.41 Å². The fourth-order valence-electron chi connectivity index (χ4n) is 2.76. The maximum absolute atomic E-state index is 12.1. The van der Waals surface area contributed by atoms with Crippen molar-refractivity contribution in [3.05, 3.63) is 21.7 Å². The van der Waals surface area contributed by atoms with Gasteiger partial charge >= 0.3 is 0 Å². The zero-order valence-electron chi connectivity index (χ0n) is 10.1. The third kappa shape index (κ3) is 1.75. The Labute approximate surface area is 100 Å². The van der Waals surface area contributed by atoms with Crippen molar-refractivity contribution in [3.63, 3.8) is 0 Å². The van der Waals surface area contributed by atoms with Gasteiger partial charge in [0.05, 0.1) is 5.56 Å². The number of hydrogen-bond donors (Lipinski definition) is 2. The minimum atomic E-state index is -0.132. The Morgan fingerprint density at radius 3 is 2.53 bits per heavy atom. The van der Waals surface area contributed by atoms with Crippen molar-refractivity contribution in [2.45, 2.75) is 56.8 Å². The van der Waals surface area contributed by atoms with Gasteiger partial charge in [0.15, 0.2) is 0 Å². The van der Waals surface area contributed by atoms with E-state index in [0.29, 0.717) is 11.4 Å². The van der Waals surface area contributed by atoms with Gasteiger partial charge in [-0.05, 0) is 31.6 Å². The maximum atomic E-state index is 12.1. The summed E-state index contributed by atoms with van der Waals surface area (Å²) >= 11 is 0. The summed E-state index contributed by atoms with van der Waals surface area (Å²) in [6, 6.07) is 0. The van der Waals surface area contributed by atoms with Crippen LogP contribution in [0, 0.1) is 0 Å². The van der Waals surface area contributed by atoms with E-state index in [1.165, 1.54) is 0 Å². The lowest BCUT2D eigenvalue weighted by molar-refractivity contribution is 0.428. The molecule has 4 heteroatoms. The van der Waals surface area contributed by atoms with Crippen LogP contribution < -0.4 is 5.56 Å². The molecule has 1 heterocycles. The molecule has 92 valence electrons. The predicted molar refractivity (Wildman–Crippen MR) is 64.3 cm³/mol. The Hall–Kier alpha value is -1.32. The molecule has 2 aliphatic carbocycles. The second-order valence-electron chi connectivity index (χ2n) is 5.69. The molecule has 0 unspecified atom stereocenters. The van der Waals surface area contributed by atoms with Gasteiger partial charge in [-0.2, -0.15) is 4.98 Å². The SMILES string of the molecule is CC1(c2nc(O)c(C3CCCC3)c(=O)[nH]2)CC1. The van der Waals surface area contributed by atoms with Gasteiger partial charge in [0.2, 0.25) is 5.88 Å². The molecule has 3 rings (SSSR count). The third-order valence-corrected chi connectivity index (χ3v) is 4.27. The van der Waals surface area contributed by atoms with E-state index in [1.54, 1.807) is 0 Å². The molecule has 1 aromatic rings. The molecule has 0 spiro atoms. The van der Waals surface area contributed by atoms with Crippen molar-refractivity contribution in [3.8, 4) is 5.88 Å². The molecule has 2 N–H and O–H groups in total. The molecule has 0 saturated heterocycles. The second kappa shape index (κ2) is 3.59. The van der Waals surface area contributed by atoms with Crippen LogP contribution in [-0.4, -0.2) is 15.1 Å². The van der Waals surface area contributed by atoms with Crippen LogP contribution in [0.4, 0.5) is 0 Å². The summed E-state index contributed by atoms with van der Waals surface area (Å²) in [5.74, 6) is 0.817. The Morgan fingerprint density at radius 2 is 2.00 bits per heavy atom. The largest absolute Gasteiger partial charge is 0.493 e. The summed E-state index contributed by atoms with van der Waals surface area (Å²) in [5, 5.41) is 9.99. The van der Waals surface area contributed by atoms with Crippen LogP contribution in [0.3, 0.4) is 0 Å². The standard InChI is InChI=1S/C13H18N2O2/c1-13(6-7-13)12-14-10(16)9(11(17)15-12)8-4-2-3-5-8/h8H,2-7H2,1H3,(H2,14,15,16,17). The van der Waals surface area contributed by atoms with E-state index in [-0.39, 0.29) is 22.8 Å². The van der Waals surface area contributed by atoms with E-state index in [0.717, 1.165) is 38.5 Å². The van der Waals surface area contributed by atoms with Crippen molar-refractivity contribution in [1.82, 2.24) is 9.97 Å². The number of nitrogens with zero attached hydrogens (tertiary/aromatic N) is 1. The first-order chi connectivity index (χ1) is 8.10. The summed E-state index contributed by atoms with van der Waals surface area (Å²) in [6.45, 7) is 2.07. The molecule has 2 fully saturated rings. The van der Waals surface area contributed by atoms with E-state index in [2.05, 4.69) is 16.9 Å². The zero-order valence-corrected chi connectivity index (χ0v) is 10.1. The molecule has 2 aliphatic rings. The average Bonchev–Trinajstić information content (AvgIpc) is 2.82. The Balaban J connectivity index is 2.03. The van der Waals surface area contributed by atoms with E-state index in [9.17, 15) is 9.90 Å². The highest BCUT2D eigenvalue weighted by atomic mass is 16.3. The number of nitrogens with one attached hydrogen (secondary N) is 1. The molecule has 0 aliphatic heterocycles. The van der Waals surface area contributed by atoms with Crippen molar-refractivity contribution in [2.75, 3.05) is 0 Å². The molecular formula is C13H18N2O2. The van der Waals surface area contributed by atoms with Crippen LogP contribution in [0.5, 0.6) is 5.88 Å². The Morgan fingerprint density at radius 1 is 1.35 bits per heavy atom. The van der Waals surface area contributed by atoms with Gasteiger partial charge in [-0.15, -0.1) is 0 Å². The minimum absolute atomic E-state index is 0.00908. The van der Waals surface area contributed by atoms with E-state index in [1.807, 2.05) is 0 Å². The molecular weight excluding hydrogens is 216 g/mol. The lowest BCUT2D eigenvalue weighted by atomic mass is 9.99. The van der Waals surface area contributed by atoms with E-state index >= 15 is 0 Å². The van der Waals surface area contributed by atoms with Crippen LogP contribution in [0.1, 0.15) is 62.8 Å². The van der Waals surface area contributed by atoms with Gasteiger partial charge in [-0.3, -0.25) is 4.79 Å². The Bertz CT molecular complexity index is 497. The van der Waals surface area contributed by atoms with Crippen molar-refractivity contribution in [1.29, 1.82) is 0 Å². The highest BCUT2D eigenvalue weighted by Crippen LogP contribution is 2.46. The smallest absolute Gasteiger partial charge is 0.258 e. The van der Waals surface area contributed by atoms with Crippen molar-refractivity contribution in [2.24, 2.45) is 0 Å². The van der Waals surface area contributed by atoms with Crippen molar-refractivity contribution < 1.29 is 5.11 Å². The molecule has 0 bridgehead atoms. The lowest BCUT2D eigenvalue weighted by Gasteiger charge is -2.13. The van der Waals surface area contributed by atoms with Gasteiger partial charge in [-0.25, -0.2) is 0 Å². The molecule has 0 aromatic carbocycles. The van der Waals surface area contributed by atoms with Gasteiger partial charge in [-0.1, -0.05) is 19.8 Å². The quantitative estimate of drug-likeness (QED) is 0.824. The molecule has 17 heavy (non-hydrogen) atoms. The number of hydrogen-bond acceptors (Lipinski definition) is 3. The topological polar surface area (TPSA) is 66.0 Å². The number of H-pyrrole nitrogens is 1. The predicted octanol–water partition coefficient (Wildman–Crippen LogP) is 2.18. The molecule has 2 saturated carbocycles. The summed E-state index contributed by atoms with van der Waals surface area (Å²) in [7, 11) is 0. The fourth-order valence-corrected chi connectivity index (χ4v) is 2.76. The lowest BCUT2D eigenvalue weighted by Crippen LogP contribution is -2.21. The van der Waals surface area contributed by atoms with Gasteiger partial charge in [0.25, 0.3) is 5.56 Å². The number of aromatic hydroxyl groups is 1. The monoisotopic (exact) mass is 234 g/mol. The van der Waals surface area contributed by atoms with E-state index < -0.39 is 0 Å². The number of aromatic amines is 1. The highest BCUT2D eigenvalue weighted by Gasteiger charge is 2.42. The normalized spacial score (nSPS) is 22.9. The first-order valence-electron chi connectivity index (χ1n) is 6.44. The van der Waals surface area contributed by atoms with Crippen LogP contribution in [0.25, 0.3) is 0 Å². The van der Waals surface area contributed by atoms with Crippen LogP contribution >= 0.6 is 0 Å². The fraction of sp³-hybridized carbons (Fsp3) is 0.692. The second-order valence-corrected chi connectivity index (χ2v) is 5.69. The van der Waals surface area contributed by atoms with Crippen molar-refractivity contribution >= 4 is 0 Å². The van der Waals surface area contributed by atoms with E-state index in [4.69, 9.17) is 0 Å². The molecule has 4 nitrogen and oxygen atoms in total. The summed E-state index contributed by atoms with van der Waals surface area (Å²) < 4.78 is 0. The third-order valence-electron chi connectivity index (χ3n) is 4.27. The first kappa shape index (κ1) is 10.8. The van der Waals surface area contributed by atoms with Crippen LogP contribution in [0.15, 0.2) is 4.79 Å². The number of rotatable bonds is 2. The van der Waals surface area contributed by atoms with Crippen LogP contribution in [-0.2, 0) is 5.41 Å². The highest BCUT2D eigenvalue weighted by molar-refractivity contribution is 5.30. The first-order valence-corrected chi connectivity index (χ1v) is 6.44. The molecule has 1 aromatic heterocycles. The molecule has 0 amide bonds. The summed E-state index contributed by atoms with van der Waals surface area (Å²) in [5.41, 5.74) is 0.369. The average molecular weight is 234 g/mol. The summed E-state index contributed by atoms with van der Waals surface area (Å²) in [4.78, 5) is 19.1. The van der Waals surface area contributed by atoms with Gasteiger partial charge in [0.1, 0.15) is 5.82 Å². The summed E-state index contributed by atoms with van der Waals surface area (Å²) in [6.07, 6.45) is 6.35. The molecule has 0 atom stereocenters. The maximum Gasteiger partial charge on any atom is 0.258 e. The van der Waals surface area contributed by atoms with Crippen LogP contribution in [0.2, 0.25) is 0 Å². The minimum Gasteiger partial charge on any atom is -0.493 e. The Kier molecular flexibility index (Phi) is 2.28. The number of aromatic nitrogens is 2. The molecule has 0 radical (unpaired) electrons.